The number of halogens is 1. The molecule has 1 aliphatic heterocycles. The molecule has 0 amide bonds. The molecule has 0 aliphatic carbocycles. The number of imidazole rings is 1. The molecule has 0 radical (unpaired) electrons. The molecule has 0 atom stereocenters. The van der Waals surface area contributed by atoms with Crippen LogP contribution in [0.25, 0.3) is 28.2 Å². The van der Waals surface area contributed by atoms with Crippen LogP contribution in [-0.2, 0) is 6.50 Å². The van der Waals surface area contributed by atoms with Gasteiger partial charge in [-0.2, -0.15) is 5.26 Å². The Balaban J connectivity index is 1.24. The Hall–Kier alpha value is -4.40. The van der Waals surface area contributed by atoms with Crippen LogP contribution < -0.4 is 11.1 Å². The van der Waals surface area contributed by atoms with Gasteiger partial charge < -0.3 is 11.1 Å². The predicted octanol–water partition coefficient (Wildman–Crippen LogP) is 4.57. The molecule has 4 aromatic heterocycles. The lowest BCUT2D eigenvalue weighted by molar-refractivity contribution is 0.211. The van der Waals surface area contributed by atoms with E-state index in [4.69, 9.17) is 18.7 Å². The molecule has 0 unspecified atom stereocenters. The fraction of sp³-hybridized carbons (Fsp3) is 0.214. The summed E-state index contributed by atoms with van der Waals surface area (Å²) in [6, 6.07) is 18.6. The van der Waals surface area contributed by atoms with Crippen molar-refractivity contribution >= 4 is 38.7 Å². The first-order valence-electron chi connectivity index (χ1n) is 13.4. The molecule has 39 heavy (non-hydrogen) atoms. The van der Waals surface area contributed by atoms with Crippen LogP contribution in [0.4, 0.5) is 11.6 Å². The quantitative estimate of drug-likeness (QED) is 0.276. The number of nitrogens with one attached hydrogen (secondary N) is 1. The average molecular weight is 583 g/mol. The summed E-state index contributed by atoms with van der Waals surface area (Å²) < 4.78 is 20.5. The van der Waals surface area contributed by atoms with E-state index in [2.05, 4.69) is 41.2 Å². The number of anilines is 2. The molecule has 0 spiro atoms. The topological polar surface area (TPSA) is 134 Å². The molecule has 5 aromatic rings. The third kappa shape index (κ3) is 5.30. The van der Waals surface area contributed by atoms with Crippen molar-refractivity contribution in [1.29, 1.82) is 5.26 Å². The van der Waals surface area contributed by atoms with Crippen molar-refractivity contribution in [3.8, 4) is 23.1 Å². The van der Waals surface area contributed by atoms with Crippen molar-refractivity contribution in [2.45, 2.75) is 25.4 Å². The number of hydrogen-bond acceptors (Lipinski definition) is 9. The van der Waals surface area contributed by atoms with Gasteiger partial charge in [-0.05, 0) is 76.8 Å². The zero-order chi connectivity index (χ0) is 28.6. The highest BCUT2D eigenvalue weighted by Gasteiger charge is 2.21. The third-order valence-electron chi connectivity index (χ3n) is 6.57. The summed E-state index contributed by atoms with van der Waals surface area (Å²) in [6.45, 7) is -0.532. The molecule has 10 nitrogen and oxygen atoms in total. The van der Waals surface area contributed by atoms with Crippen LogP contribution in [0.15, 0.2) is 71.6 Å². The number of nitrogens with two attached hydrogens (primary N) is 1. The lowest BCUT2D eigenvalue weighted by Gasteiger charge is -2.32. The van der Waals surface area contributed by atoms with Gasteiger partial charge in [-0.3, -0.25) is 9.47 Å². The molecule has 1 aliphatic rings. The molecular formula is C28H25BrN10. The summed E-state index contributed by atoms with van der Waals surface area (Å²) in [5.41, 5.74) is 9.58. The molecule has 1 saturated heterocycles. The fourth-order valence-corrected chi connectivity index (χ4v) is 4.97. The molecule has 1 aromatic carbocycles. The molecule has 3 N–H and O–H groups in total. The average Bonchev–Trinajstić information content (AvgIpc) is 3.36. The number of hydrogen-bond donors (Lipinski definition) is 2. The second-order valence-corrected chi connectivity index (χ2v) is 9.94. The highest BCUT2D eigenvalue weighted by molar-refractivity contribution is 9.10. The van der Waals surface area contributed by atoms with Crippen LogP contribution in [-0.4, -0.2) is 53.5 Å². The minimum absolute atomic E-state index is 0.121. The minimum Gasteiger partial charge on any atom is -0.383 e. The zero-order valence-corrected chi connectivity index (χ0v) is 22.4. The highest BCUT2D eigenvalue weighted by Crippen LogP contribution is 2.31. The lowest BCUT2D eigenvalue weighted by Crippen LogP contribution is -2.38. The van der Waals surface area contributed by atoms with Crippen molar-refractivity contribution in [1.82, 2.24) is 34.4 Å². The van der Waals surface area contributed by atoms with Gasteiger partial charge in [-0.1, -0.05) is 12.1 Å². The van der Waals surface area contributed by atoms with E-state index in [1.54, 1.807) is 18.5 Å². The van der Waals surface area contributed by atoms with Gasteiger partial charge in [0.05, 0.1) is 5.56 Å². The normalized spacial score (nSPS) is 15.5. The van der Waals surface area contributed by atoms with Crippen LogP contribution in [0.2, 0.25) is 0 Å². The number of likely N-dealkylation sites (tertiary alicyclic amines) is 1. The molecule has 194 valence electrons. The molecule has 0 bridgehead atoms. The Morgan fingerprint density at radius 2 is 1.85 bits per heavy atom. The van der Waals surface area contributed by atoms with E-state index in [9.17, 15) is 0 Å². The maximum absolute atomic E-state index is 9.04. The van der Waals surface area contributed by atoms with E-state index < -0.39 is 6.50 Å². The Bertz CT molecular complexity index is 1760. The molecule has 6 rings (SSSR count). The second-order valence-electron chi connectivity index (χ2n) is 9.13. The van der Waals surface area contributed by atoms with Crippen LogP contribution >= 0.6 is 15.9 Å². The number of fused-ring (bicyclic) bond motifs is 1. The SMILES string of the molecule is [2H]C([2H])(c1ccc(-n2c(-c3cccnc3N)nc3ccc(Br)nc32)cc1)N1CCC(Nc2ccnc(C#N)n2)CC1. The van der Waals surface area contributed by atoms with Crippen LogP contribution in [0.3, 0.4) is 0 Å². The van der Waals surface area contributed by atoms with E-state index in [1.165, 1.54) is 0 Å². The number of benzene rings is 1. The molecular weight excluding hydrogens is 556 g/mol. The van der Waals surface area contributed by atoms with E-state index in [-0.39, 0.29) is 11.9 Å². The zero-order valence-electron chi connectivity index (χ0n) is 22.8. The van der Waals surface area contributed by atoms with Crippen molar-refractivity contribution in [3.05, 3.63) is 83.0 Å². The number of rotatable bonds is 6. The number of nitrogens with zero attached hydrogens (tertiary/aromatic N) is 8. The van der Waals surface area contributed by atoms with Crippen LogP contribution in [0, 0.1) is 11.3 Å². The molecule has 5 heterocycles. The molecule has 0 saturated carbocycles. The monoisotopic (exact) mass is 582 g/mol. The van der Waals surface area contributed by atoms with Crippen molar-refractivity contribution < 1.29 is 2.74 Å². The summed E-state index contributed by atoms with van der Waals surface area (Å²) >= 11 is 3.46. The Morgan fingerprint density at radius 1 is 1.03 bits per heavy atom. The predicted molar refractivity (Wildman–Crippen MR) is 153 cm³/mol. The van der Waals surface area contributed by atoms with Crippen molar-refractivity contribution in [2.75, 3.05) is 24.1 Å². The number of aromatic nitrogens is 6. The molecule has 11 heteroatoms. The second kappa shape index (κ2) is 10.8. The summed E-state index contributed by atoms with van der Waals surface area (Å²) in [4.78, 5) is 23.6. The largest absolute Gasteiger partial charge is 0.383 e. The van der Waals surface area contributed by atoms with E-state index in [0.717, 1.165) is 18.5 Å². The van der Waals surface area contributed by atoms with E-state index in [1.807, 2.05) is 64.1 Å². The van der Waals surface area contributed by atoms with Gasteiger partial charge in [0.15, 0.2) is 11.5 Å². The van der Waals surface area contributed by atoms with Gasteiger partial charge >= 0.3 is 0 Å². The fourth-order valence-electron chi connectivity index (χ4n) is 4.67. The van der Waals surface area contributed by atoms with Gasteiger partial charge in [0.2, 0.25) is 5.82 Å². The number of nitriles is 1. The first-order valence-corrected chi connectivity index (χ1v) is 13.2. The third-order valence-corrected chi connectivity index (χ3v) is 7.01. The van der Waals surface area contributed by atoms with Gasteiger partial charge in [0, 0.05) is 46.5 Å². The summed E-state index contributed by atoms with van der Waals surface area (Å²) in [6.07, 6.45) is 4.67. The first-order chi connectivity index (χ1) is 19.8. The molecule has 1 fully saturated rings. The number of pyridine rings is 2. The summed E-state index contributed by atoms with van der Waals surface area (Å²) in [7, 11) is 0. The number of piperidine rings is 1. The lowest BCUT2D eigenvalue weighted by atomic mass is 10.0. The van der Waals surface area contributed by atoms with Crippen LogP contribution in [0.1, 0.15) is 27.0 Å². The van der Waals surface area contributed by atoms with E-state index >= 15 is 0 Å². The van der Waals surface area contributed by atoms with Gasteiger partial charge in [-0.15, -0.1) is 0 Å². The highest BCUT2D eigenvalue weighted by atomic mass is 79.9. The van der Waals surface area contributed by atoms with Gasteiger partial charge in [-0.25, -0.2) is 24.9 Å². The Morgan fingerprint density at radius 3 is 2.62 bits per heavy atom. The smallest absolute Gasteiger partial charge is 0.234 e. The Labute approximate surface area is 236 Å². The van der Waals surface area contributed by atoms with Gasteiger partial charge in [0.25, 0.3) is 0 Å². The first kappa shape index (κ1) is 22.6. The standard InChI is InChI=1S/C28H25BrN10/c29-23-8-7-22-28(36-23)39(27(35-22)21-2-1-12-33-26(21)31)20-5-3-18(4-6-20)17-38-14-10-19(11-15-38)34-24-9-13-32-25(16-30)37-24/h1-9,12-13,19H,10-11,14-15,17H2,(H2,31,33)(H,32,34,37)/i17D2. The van der Waals surface area contributed by atoms with Gasteiger partial charge in [0.1, 0.15) is 27.8 Å². The maximum Gasteiger partial charge on any atom is 0.234 e. The summed E-state index contributed by atoms with van der Waals surface area (Å²) in [5, 5.41) is 12.4. The number of nitrogen functional groups attached to an aromatic ring is 1. The van der Waals surface area contributed by atoms with Crippen LogP contribution in [0.5, 0.6) is 0 Å². The summed E-state index contributed by atoms with van der Waals surface area (Å²) in [5.74, 6) is 1.69. The minimum atomic E-state index is -1.67. The maximum atomic E-state index is 9.04. The van der Waals surface area contributed by atoms with Crippen molar-refractivity contribution in [3.63, 3.8) is 0 Å². The Kier molecular flexibility index (Phi) is 6.23. The van der Waals surface area contributed by atoms with E-state index in [0.29, 0.717) is 57.4 Å². The van der Waals surface area contributed by atoms with Crippen molar-refractivity contribution in [2.24, 2.45) is 0 Å².